The van der Waals surface area contributed by atoms with Crippen molar-refractivity contribution >= 4 is 10.8 Å². The molecule has 1 unspecified atom stereocenters. The minimum atomic E-state index is -0.978. The third kappa shape index (κ3) is 3.08. The Hall–Kier alpha value is -0.0900. The van der Waals surface area contributed by atoms with Crippen LogP contribution in [-0.2, 0) is 25.1 Å². The summed E-state index contributed by atoms with van der Waals surface area (Å²) in [5.74, 6) is 0.648. The molecule has 2 heterocycles. The lowest BCUT2D eigenvalue weighted by molar-refractivity contribution is -0.507. The number of hydrogen-bond acceptors (Lipinski definition) is 7. The van der Waals surface area contributed by atoms with Crippen molar-refractivity contribution in [1.82, 2.24) is 5.39 Å². The third-order valence-electron chi connectivity index (χ3n) is 3.23. The van der Waals surface area contributed by atoms with E-state index in [1.165, 1.54) is 0 Å². The van der Waals surface area contributed by atoms with Crippen LogP contribution in [0.1, 0.15) is 19.8 Å². The largest absolute Gasteiger partial charge is 0.371 e. The molecule has 2 aliphatic rings. The smallest absolute Gasteiger partial charge is 0.136 e. The second kappa shape index (κ2) is 6.38. The van der Waals surface area contributed by atoms with E-state index < -0.39 is 16.9 Å². The summed E-state index contributed by atoms with van der Waals surface area (Å²) in [6.45, 7) is 2.62. The van der Waals surface area contributed by atoms with Crippen molar-refractivity contribution < 1.29 is 28.9 Å². The van der Waals surface area contributed by atoms with Crippen molar-refractivity contribution in [2.75, 3.05) is 19.0 Å². The fourth-order valence-corrected chi connectivity index (χ4v) is 3.94. The molecular formula is C10H19NO6S. The first-order valence-electron chi connectivity index (χ1n) is 6.08. The van der Waals surface area contributed by atoms with Gasteiger partial charge in [-0.15, -0.1) is 0 Å². The van der Waals surface area contributed by atoms with E-state index in [2.05, 4.69) is 6.92 Å². The van der Waals surface area contributed by atoms with Gasteiger partial charge in [0, 0.05) is 16.6 Å². The minimum absolute atomic E-state index is 0.152. The quantitative estimate of drug-likeness (QED) is 0.667. The van der Waals surface area contributed by atoms with Gasteiger partial charge in [0.25, 0.3) is 0 Å². The molecule has 2 N–H and O–H groups in total. The van der Waals surface area contributed by atoms with E-state index >= 15 is 0 Å². The van der Waals surface area contributed by atoms with Crippen LogP contribution in [0.15, 0.2) is 0 Å². The van der Waals surface area contributed by atoms with Gasteiger partial charge in [0.05, 0.1) is 23.9 Å². The first-order chi connectivity index (χ1) is 8.63. The van der Waals surface area contributed by atoms with Crippen molar-refractivity contribution in [3.63, 3.8) is 0 Å². The lowest BCUT2D eigenvalue weighted by Crippen LogP contribution is -2.37. The van der Waals surface area contributed by atoms with E-state index in [1.54, 1.807) is 0 Å². The zero-order chi connectivity index (χ0) is 13.1. The van der Waals surface area contributed by atoms with E-state index in [4.69, 9.17) is 24.7 Å². The molecule has 106 valence electrons. The van der Waals surface area contributed by atoms with Crippen LogP contribution in [0.5, 0.6) is 0 Å². The molecule has 2 saturated heterocycles. The summed E-state index contributed by atoms with van der Waals surface area (Å²) in [6, 6.07) is 0. The van der Waals surface area contributed by atoms with Crippen LogP contribution >= 0.6 is 0 Å². The lowest BCUT2D eigenvalue weighted by atomic mass is 10.1. The Morgan fingerprint density at radius 3 is 2.72 bits per heavy atom. The Kier molecular flexibility index (Phi) is 5.07. The fourth-order valence-electron chi connectivity index (χ4n) is 2.30. The fraction of sp³-hybridized carbons (Fsp3) is 1.00. The normalized spacial score (nSPS) is 37.1. The van der Waals surface area contributed by atoms with Gasteiger partial charge < -0.3 is 9.47 Å². The molecule has 0 aliphatic carbocycles. The topological polar surface area (TPSA) is 88.5 Å². The summed E-state index contributed by atoms with van der Waals surface area (Å²) < 4.78 is 23.1. The van der Waals surface area contributed by atoms with Gasteiger partial charge in [-0.2, -0.15) is 0 Å². The van der Waals surface area contributed by atoms with Gasteiger partial charge in [0.2, 0.25) is 0 Å². The molecule has 8 heteroatoms. The minimum Gasteiger partial charge on any atom is -0.371 e. The van der Waals surface area contributed by atoms with Gasteiger partial charge in [-0.05, 0) is 6.42 Å². The van der Waals surface area contributed by atoms with Gasteiger partial charge in [0.1, 0.15) is 18.3 Å². The standard InChI is InChI=1S/C10H19NO6S/c1-2-3-4-18(14)8-6-16-9-7(17-11(12)13)5-15-10(8)9/h7-10,12-13H,2-6H2,1H3/t7-,8+,9-,10-,18?/m1/s1. The van der Waals surface area contributed by atoms with Gasteiger partial charge in [-0.25, -0.2) is 4.84 Å². The Morgan fingerprint density at radius 2 is 2.06 bits per heavy atom. The zero-order valence-electron chi connectivity index (χ0n) is 10.2. The Labute approximate surface area is 108 Å². The number of fused-ring (bicyclic) bond motifs is 1. The highest BCUT2D eigenvalue weighted by Crippen LogP contribution is 2.31. The molecular weight excluding hydrogens is 262 g/mol. The molecule has 2 aliphatic heterocycles. The van der Waals surface area contributed by atoms with Gasteiger partial charge in [0.15, 0.2) is 0 Å². The first kappa shape index (κ1) is 14.3. The molecule has 0 bridgehead atoms. The second-order valence-corrected chi connectivity index (χ2v) is 6.24. The van der Waals surface area contributed by atoms with Crippen LogP contribution in [0.3, 0.4) is 0 Å². The van der Waals surface area contributed by atoms with Crippen molar-refractivity contribution in [3.05, 3.63) is 0 Å². The van der Waals surface area contributed by atoms with Crippen molar-refractivity contribution in [1.29, 1.82) is 0 Å². The van der Waals surface area contributed by atoms with Crippen molar-refractivity contribution in [2.24, 2.45) is 0 Å². The molecule has 7 nitrogen and oxygen atoms in total. The molecule has 0 spiro atoms. The zero-order valence-corrected chi connectivity index (χ0v) is 11.0. The summed E-state index contributed by atoms with van der Waals surface area (Å²) in [5, 5.41) is 16.8. The van der Waals surface area contributed by atoms with Gasteiger partial charge in [-0.1, -0.05) is 13.3 Å². The van der Waals surface area contributed by atoms with E-state index in [0.29, 0.717) is 12.4 Å². The SMILES string of the molecule is CCCCS(=O)[C@H]1CO[C@H]2[C@@H]1OC[C@H]2ON(O)O. The number of nitrogens with zero attached hydrogens (tertiary/aromatic N) is 1. The molecule has 0 aromatic carbocycles. The summed E-state index contributed by atoms with van der Waals surface area (Å²) in [5.41, 5.74) is 0. The van der Waals surface area contributed by atoms with E-state index in [0.717, 1.165) is 12.8 Å². The maximum absolute atomic E-state index is 12.1. The molecule has 5 atom stereocenters. The molecule has 2 fully saturated rings. The Bertz CT molecular complexity index is 302. The van der Waals surface area contributed by atoms with Crippen molar-refractivity contribution in [3.8, 4) is 0 Å². The van der Waals surface area contributed by atoms with E-state index in [-0.39, 0.29) is 29.5 Å². The van der Waals surface area contributed by atoms with Crippen LogP contribution in [0.4, 0.5) is 0 Å². The molecule has 0 radical (unpaired) electrons. The number of rotatable bonds is 6. The van der Waals surface area contributed by atoms with Crippen LogP contribution in [-0.4, -0.2) is 62.5 Å². The second-order valence-electron chi connectivity index (χ2n) is 4.47. The monoisotopic (exact) mass is 281 g/mol. The average Bonchev–Trinajstić information content (AvgIpc) is 2.88. The molecule has 0 aromatic heterocycles. The Balaban J connectivity index is 1.90. The van der Waals surface area contributed by atoms with Crippen LogP contribution in [0.25, 0.3) is 0 Å². The average molecular weight is 281 g/mol. The highest BCUT2D eigenvalue weighted by Gasteiger charge is 2.51. The number of ether oxygens (including phenoxy) is 2. The van der Waals surface area contributed by atoms with Gasteiger partial charge in [-0.3, -0.25) is 14.6 Å². The predicted molar refractivity (Wildman–Crippen MR) is 61.5 cm³/mol. The molecule has 0 amide bonds. The molecule has 0 aromatic rings. The summed E-state index contributed by atoms with van der Waals surface area (Å²) in [6.07, 6.45) is 0.680. The molecule has 2 rings (SSSR count). The first-order valence-corrected chi connectivity index (χ1v) is 7.46. The van der Waals surface area contributed by atoms with E-state index in [9.17, 15) is 4.21 Å². The highest BCUT2D eigenvalue weighted by atomic mass is 32.2. The summed E-state index contributed by atoms with van der Waals surface area (Å²) >= 11 is 0. The van der Waals surface area contributed by atoms with Crippen LogP contribution in [0.2, 0.25) is 0 Å². The summed E-state index contributed by atoms with van der Waals surface area (Å²) in [7, 11) is -0.978. The van der Waals surface area contributed by atoms with Crippen molar-refractivity contribution in [2.45, 2.75) is 43.3 Å². The lowest BCUT2D eigenvalue weighted by Gasteiger charge is -2.17. The number of hydrogen-bond donors (Lipinski definition) is 2. The van der Waals surface area contributed by atoms with Crippen LogP contribution < -0.4 is 0 Å². The summed E-state index contributed by atoms with van der Waals surface area (Å²) in [4.78, 5) is 4.73. The predicted octanol–water partition coefficient (Wildman–Crippen LogP) is 0.0820. The highest BCUT2D eigenvalue weighted by molar-refractivity contribution is 7.85. The van der Waals surface area contributed by atoms with Gasteiger partial charge >= 0.3 is 0 Å². The molecule has 18 heavy (non-hydrogen) atoms. The number of unbranched alkanes of at least 4 members (excludes halogenated alkanes) is 1. The van der Waals surface area contributed by atoms with E-state index in [1.807, 2.05) is 0 Å². The van der Waals surface area contributed by atoms with Crippen LogP contribution in [0, 0.1) is 0 Å². The Morgan fingerprint density at radius 1 is 1.33 bits per heavy atom. The maximum atomic E-state index is 12.1. The maximum Gasteiger partial charge on any atom is 0.136 e. The molecule has 0 saturated carbocycles. The third-order valence-corrected chi connectivity index (χ3v) is 5.00.